The van der Waals surface area contributed by atoms with Crippen molar-refractivity contribution < 1.29 is 9.84 Å². The molecule has 1 aliphatic rings. The van der Waals surface area contributed by atoms with Crippen molar-refractivity contribution in [2.24, 2.45) is 11.8 Å². The van der Waals surface area contributed by atoms with E-state index in [4.69, 9.17) is 4.74 Å². The summed E-state index contributed by atoms with van der Waals surface area (Å²) in [5.74, 6) is 2.23. The third-order valence-electron chi connectivity index (χ3n) is 4.66. The molecule has 22 heavy (non-hydrogen) atoms. The summed E-state index contributed by atoms with van der Waals surface area (Å²) in [4.78, 5) is 5.63. The highest BCUT2D eigenvalue weighted by Crippen LogP contribution is 2.29. The van der Waals surface area contributed by atoms with E-state index >= 15 is 0 Å². The lowest BCUT2D eigenvalue weighted by Crippen LogP contribution is -2.40. The van der Waals surface area contributed by atoms with Crippen LogP contribution in [0, 0.1) is 11.8 Å². The fourth-order valence-corrected chi connectivity index (χ4v) is 3.81. The number of nitrogens with zero attached hydrogens (tertiary/aromatic N) is 1. The molecule has 2 N–H and O–H groups in total. The summed E-state index contributed by atoms with van der Waals surface area (Å²) >= 11 is 0. The molecule has 4 nitrogen and oxygen atoms in total. The summed E-state index contributed by atoms with van der Waals surface area (Å²) in [6.45, 7) is 7.44. The predicted octanol–water partition coefficient (Wildman–Crippen LogP) is 3.19. The Kier molecular flexibility index (Phi) is 4.41. The van der Waals surface area contributed by atoms with Gasteiger partial charge in [-0.1, -0.05) is 13.8 Å². The second-order valence-electron chi connectivity index (χ2n) is 6.84. The van der Waals surface area contributed by atoms with E-state index < -0.39 is 6.10 Å². The number of benzene rings is 1. The van der Waals surface area contributed by atoms with Gasteiger partial charge in [-0.05, 0) is 36.5 Å². The zero-order valence-corrected chi connectivity index (χ0v) is 13.7. The van der Waals surface area contributed by atoms with Gasteiger partial charge in [0.25, 0.3) is 0 Å². The Hall–Kier alpha value is -1.52. The van der Waals surface area contributed by atoms with E-state index in [1.165, 1.54) is 6.42 Å². The highest BCUT2D eigenvalue weighted by molar-refractivity contribution is 5.85. The number of aliphatic hydroxyl groups excluding tert-OH is 1. The minimum atomic E-state index is -0.474. The van der Waals surface area contributed by atoms with Gasteiger partial charge in [-0.15, -0.1) is 0 Å². The van der Waals surface area contributed by atoms with Crippen LogP contribution >= 0.6 is 0 Å². The number of ether oxygens (including phenoxy) is 1. The maximum absolute atomic E-state index is 10.7. The van der Waals surface area contributed by atoms with Crippen LogP contribution in [0.2, 0.25) is 0 Å². The lowest BCUT2D eigenvalue weighted by Gasteiger charge is -2.36. The minimum Gasteiger partial charge on any atom is -0.497 e. The van der Waals surface area contributed by atoms with Gasteiger partial charge in [-0.3, -0.25) is 4.90 Å². The Balaban J connectivity index is 1.78. The van der Waals surface area contributed by atoms with Crippen LogP contribution in [0.1, 0.15) is 31.9 Å². The van der Waals surface area contributed by atoms with Crippen molar-refractivity contribution in [2.75, 3.05) is 26.7 Å². The van der Waals surface area contributed by atoms with Gasteiger partial charge in [0, 0.05) is 42.3 Å². The molecule has 1 saturated heterocycles. The van der Waals surface area contributed by atoms with Gasteiger partial charge in [0.05, 0.1) is 13.2 Å². The Morgan fingerprint density at radius 3 is 2.73 bits per heavy atom. The number of aliphatic hydroxyl groups is 1. The fourth-order valence-electron chi connectivity index (χ4n) is 3.81. The number of nitrogens with one attached hydrogen (secondary N) is 1. The molecule has 2 heterocycles. The number of rotatable bonds is 4. The molecule has 1 fully saturated rings. The Morgan fingerprint density at radius 1 is 1.32 bits per heavy atom. The molecule has 3 rings (SSSR count). The molecule has 1 aromatic heterocycles. The minimum absolute atomic E-state index is 0.474. The first kappa shape index (κ1) is 15.4. The van der Waals surface area contributed by atoms with Gasteiger partial charge in [-0.2, -0.15) is 0 Å². The van der Waals surface area contributed by atoms with Crippen LogP contribution in [0.4, 0.5) is 0 Å². The number of methoxy groups -OCH3 is 1. The van der Waals surface area contributed by atoms with Crippen molar-refractivity contribution in [3.63, 3.8) is 0 Å². The third-order valence-corrected chi connectivity index (χ3v) is 4.66. The molecule has 1 aromatic carbocycles. The first-order valence-corrected chi connectivity index (χ1v) is 8.12. The number of H-pyrrole nitrogens is 1. The molecular formula is C18H26N2O2. The average Bonchev–Trinajstić information content (AvgIpc) is 2.88. The van der Waals surface area contributed by atoms with E-state index in [2.05, 4.69) is 23.7 Å². The van der Waals surface area contributed by atoms with Gasteiger partial charge in [0.1, 0.15) is 5.75 Å². The number of piperidine rings is 1. The summed E-state index contributed by atoms with van der Waals surface area (Å²) in [5.41, 5.74) is 2.00. The largest absolute Gasteiger partial charge is 0.497 e. The highest BCUT2D eigenvalue weighted by atomic mass is 16.5. The number of hydrogen-bond donors (Lipinski definition) is 2. The van der Waals surface area contributed by atoms with E-state index in [1.54, 1.807) is 7.11 Å². The SMILES string of the molecule is COc1ccc2[nH]cc([C@@H](O)CN3C[C@@H](C)C[C@H](C)C3)c2c1. The number of β-amino-alcohol motifs (C(OH)–C–C–N with tert-alkyl or cyclic N) is 1. The molecule has 3 atom stereocenters. The molecule has 0 radical (unpaired) electrons. The molecule has 0 spiro atoms. The van der Waals surface area contributed by atoms with Crippen molar-refractivity contribution in [2.45, 2.75) is 26.4 Å². The van der Waals surface area contributed by atoms with E-state index in [9.17, 15) is 5.11 Å². The molecule has 0 saturated carbocycles. The fraction of sp³-hybridized carbons (Fsp3) is 0.556. The van der Waals surface area contributed by atoms with Crippen molar-refractivity contribution in [1.29, 1.82) is 0 Å². The second-order valence-corrected chi connectivity index (χ2v) is 6.84. The van der Waals surface area contributed by atoms with E-state index in [0.29, 0.717) is 18.4 Å². The van der Waals surface area contributed by atoms with Crippen LogP contribution in [0.3, 0.4) is 0 Å². The normalized spacial score (nSPS) is 24.5. The Morgan fingerprint density at radius 2 is 2.05 bits per heavy atom. The Labute approximate surface area is 132 Å². The lowest BCUT2D eigenvalue weighted by molar-refractivity contribution is 0.0706. The third kappa shape index (κ3) is 3.13. The summed E-state index contributed by atoms with van der Waals surface area (Å²) in [6.07, 6.45) is 2.74. The standard InChI is InChI=1S/C18H26N2O2/c1-12-6-13(2)10-20(9-12)11-18(21)16-8-19-17-5-4-14(22-3)7-15(16)17/h4-5,7-8,12-13,18-19,21H,6,9-11H2,1-3H3/t12-,13-,18-/m0/s1. The number of fused-ring (bicyclic) bond motifs is 1. The summed E-state index contributed by atoms with van der Waals surface area (Å²) in [5, 5.41) is 11.7. The number of aromatic nitrogens is 1. The number of aromatic amines is 1. The zero-order chi connectivity index (χ0) is 15.7. The van der Waals surface area contributed by atoms with Crippen molar-refractivity contribution in [3.8, 4) is 5.75 Å². The second kappa shape index (κ2) is 6.31. The monoisotopic (exact) mass is 302 g/mol. The average molecular weight is 302 g/mol. The van der Waals surface area contributed by atoms with Gasteiger partial charge < -0.3 is 14.8 Å². The predicted molar refractivity (Wildman–Crippen MR) is 89.2 cm³/mol. The van der Waals surface area contributed by atoms with Gasteiger partial charge in [0.2, 0.25) is 0 Å². The van der Waals surface area contributed by atoms with Crippen molar-refractivity contribution >= 4 is 10.9 Å². The molecular weight excluding hydrogens is 276 g/mol. The summed E-state index contributed by atoms with van der Waals surface area (Å²) in [7, 11) is 1.67. The summed E-state index contributed by atoms with van der Waals surface area (Å²) < 4.78 is 5.30. The maximum Gasteiger partial charge on any atom is 0.119 e. The van der Waals surface area contributed by atoms with Crippen LogP contribution in [-0.2, 0) is 0 Å². The quantitative estimate of drug-likeness (QED) is 0.912. The van der Waals surface area contributed by atoms with Crippen molar-refractivity contribution in [1.82, 2.24) is 9.88 Å². The molecule has 2 aromatic rings. The summed E-state index contributed by atoms with van der Waals surface area (Å²) in [6, 6.07) is 5.92. The first-order valence-electron chi connectivity index (χ1n) is 8.12. The van der Waals surface area contributed by atoms with Crippen LogP contribution < -0.4 is 4.74 Å². The molecule has 120 valence electrons. The smallest absolute Gasteiger partial charge is 0.119 e. The first-order chi connectivity index (χ1) is 10.6. The van der Waals surface area contributed by atoms with Gasteiger partial charge >= 0.3 is 0 Å². The molecule has 0 unspecified atom stereocenters. The van der Waals surface area contributed by atoms with E-state index in [-0.39, 0.29) is 0 Å². The zero-order valence-electron chi connectivity index (χ0n) is 13.7. The van der Waals surface area contributed by atoms with Crippen molar-refractivity contribution in [3.05, 3.63) is 30.0 Å². The lowest BCUT2D eigenvalue weighted by atomic mass is 9.91. The molecule has 0 aliphatic carbocycles. The molecule has 1 aliphatic heterocycles. The van der Waals surface area contributed by atoms with Crippen LogP contribution in [-0.4, -0.2) is 41.7 Å². The number of hydrogen-bond acceptors (Lipinski definition) is 3. The topological polar surface area (TPSA) is 48.5 Å². The van der Waals surface area contributed by atoms with Crippen LogP contribution in [0.15, 0.2) is 24.4 Å². The number of likely N-dealkylation sites (tertiary alicyclic amines) is 1. The highest BCUT2D eigenvalue weighted by Gasteiger charge is 2.24. The Bertz CT molecular complexity index is 627. The van der Waals surface area contributed by atoms with Gasteiger partial charge in [-0.25, -0.2) is 0 Å². The molecule has 0 bridgehead atoms. The maximum atomic E-state index is 10.7. The van der Waals surface area contributed by atoms with Crippen LogP contribution in [0.25, 0.3) is 10.9 Å². The van der Waals surface area contributed by atoms with Gasteiger partial charge in [0.15, 0.2) is 0 Å². The van der Waals surface area contributed by atoms with E-state index in [0.717, 1.165) is 35.3 Å². The molecule has 4 heteroatoms. The van der Waals surface area contributed by atoms with Crippen LogP contribution in [0.5, 0.6) is 5.75 Å². The molecule has 0 amide bonds. The van der Waals surface area contributed by atoms with E-state index in [1.807, 2.05) is 24.4 Å².